The second-order valence-corrected chi connectivity index (χ2v) is 8.99. The summed E-state index contributed by atoms with van der Waals surface area (Å²) in [6.45, 7) is 1.96. The van der Waals surface area contributed by atoms with E-state index in [-0.39, 0.29) is 11.2 Å². The van der Waals surface area contributed by atoms with Crippen molar-refractivity contribution in [2.75, 3.05) is 11.1 Å². The molecule has 0 saturated carbocycles. The van der Waals surface area contributed by atoms with E-state index in [1.54, 1.807) is 27.8 Å². The fourth-order valence-electron chi connectivity index (χ4n) is 3.41. The highest BCUT2D eigenvalue weighted by atomic mass is 35.5. The first-order valence-electron chi connectivity index (χ1n) is 8.73. The average Bonchev–Trinajstić information content (AvgIpc) is 3.19. The van der Waals surface area contributed by atoms with Gasteiger partial charge in [-0.25, -0.2) is 4.98 Å². The minimum atomic E-state index is -0.0780. The molecule has 2 aromatic heterocycles. The van der Waals surface area contributed by atoms with Gasteiger partial charge in [-0.2, -0.15) is 9.78 Å². The van der Waals surface area contributed by atoms with Crippen molar-refractivity contribution in [3.63, 3.8) is 0 Å². The van der Waals surface area contributed by atoms with E-state index in [2.05, 4.69) is 5.32 Å². The van der Waals surface area contributed by atoms with Gasteiger partial charge in [-0.05, 0) is 30.7 Å². The maximum atomic E-state index is 12.4. The second kappa shape index (κ2) is 6.92. The Balaban J connectivity index is 1.71. The van der Waals surface area contributed by atoms with Crippen molar-refractivity contribution in [1.82, 2.24) is 14.8 Å². The lowest BCUT2D eigenvalue weighted by atomic mass is 10.0. The van der Waals surface area contributed by atoms with E-state index >= 15 is 0 Å². The average molecular weight is 427 g/mol. The number of fused-ring (bicyclic) bond motifs is 2. The second-order valence-electron chi connectivity index (χ2n) is 6.48. The Hall–Kier alpha value is -2.35. The van der Waals surface area contributed by atoms with Crippen LogP contribution in [0.15, 0.2) is 48.5 Å². The van der Waals surface area contributed by atoms with Crippen molar-refractivity contribution < 1.29 is 4.79 Å². The van der Waals surface area contributed by atoms with Crippen LogP contribution in [0, 0.1) is 6.92 Å². The summed E-state index contributed by atoms with van der Waals surface area (Å²) in [6.07, 6.45) is 0. The third-order valence-corrected chi connectivity index (χ3v) is 7.27. The molecule has 0 fully saturated rings. The number of halogens is 1. The monoisotopic (exact) mass is 426 g/mol. The van der Waals surface area contributed by atoms with E-state index in [1.165, 1.54) is 0 Å². The molecule has 1 atom stereocenters. The molecule has 1 amide bonds. The standard InChI is InChI=1S/C20H15ClN4OS2/c1-11-17-18(12-6-2-3-7-13(12)21)27-10-16(26)23-19(17)25(24-11)20-22-14-8-4-5-9-15(14)28-20/h2-9,18H,10H2,1H3,(H,23,26)/t18-/m1/s1. The van der Waals surface area contributed by atoms with Crippen molar-refractivity contribution in [1.29, 1.82) is 0 Å². The summed E-state index contributed by atoms with van der Waals surface area (Å²) < 4.78 is 2.83. The first-order chi connectivity index (χ1) is 13.6. The Kier molecular flexibility index (Phi) is 4.38. The molecule has 3 heterocycles. The Morgan fingerprint density at radius 3 is 2.79 bits per heavy atom. The summed E-state index contributed by atoms with van der Waals surface area (Å²) >= 11 is 9.60. The first kappa shape index (κ1) is 17.7. The largest absolute Gasteiger partial charge is 0.310 e. The number of aryl methyl sites for hydroxylation is 1. The van der Waals surface area contributed by atoms with Gasteiger partial charge in [0.1, 0.15) is 5.82 Å². The molecule has 0 unspecified atom stereocenters. The van der Waals surface area contributed by atoms with E-state index in [0.29, 0.717) is 16.6 Å². The fraction of sp³-hybridized carbons (Fsp3) is 0.150. The lowest BCUT2D eigenvalue weighted by molar-refractivity contribution is -0.113. The molecule has 5 nitrogen and oxygen atoms in total. The zero-order valence-corrected chi connectivity index (χ0v) is 17.2. The lowest BCUT2D eigenvalue weighted by Crippen LogP contribution is -2.15. The van der Waals surface area contributed by atoms with Crippen LogP contribution in [-0.2, 0) is 4.79 Å². The molecule has 2 aromatic carbocycles. The van der Waals surface area contributed by atoms with Gasteiger partial charge in [-0.1, -0.05) is 53.3 Å². The SMILES string of the molecule is Cc1nn(-c2nc3ccccc3s2)c2c1[C@@H](c1ccccc1Cl)SCC(=O)N2. The van der Waals surface area contributed by atoms with E-state index in [1.807, 2.05) is 55.5 Å². The smallest absolute Gasteiger partial charge is 0.235 e. The van der Waals surface area contributed by atoms with Crippen LogP contribution in [0.5, 0.6) is 0 Å². The number of benzene rings is 2. The molecule has 1 aliphatic heterocycles. The number of anilines is 1. The molecule has 4 aromatic rings. The number of rotatable bonds is 2. The molecular weight excluding hydrogens is 412 g/mol. The zero-order chi connectivity index (χ0) is 19.3. The summed E-state index contributed by atoms with van der Waals surface area (Å²) in [5.74, 6) is 0.976. The van der Waals surface area contributed by atoms with Crippen LogP contribution >= 0.6 is 34.7 Å². The van der Waals surface area contributed by atoms with Crippen LogP contribution in [0.4, 0.5) is 5.82 Å². The Bertz CT molecular complexity index is 1180. The van der Waals surface area contributed by atoms with Gasteiger partial charge in [-0.3, -0.25) is 4.79 Å². The maximum Gasteiger partial charge on any atom is 0.235 e. The van der Waals surface area contributed by atoms with Gasteiger partial charge in [-0.15, -0.1) is 11.8 Å². The Labute approximate surface area is 174 Å². The van der Waals surface area contributed by atoms with Gasteiger partial charge in [0.2, 0.25) is 11.0 Å². The number of hydrogen-bond donors (Lipinski definition) is 1. The molecule has 0 bridgehead atoms. The van der Waals surface area contributed by atoms with Crippen LogP contribution in [0.1, 0.15) is 22.1 Å². The molecule has 140 valence electrons. The lowest BCUT2D eigenvalue weighted by Gasteiger charge is -2.16. The third-order valence-electron chi connectivity index (χ3n) is 4.66. The number of thiazole rings is 1. The normalized spacial score (nSPS) is 16.6. The summed E-state index contributed by atoms with van der Waals surface area (Å²) in [5.41, 5.74) is 3.73. The number of nitrogens with zero attached hydrogens (tertiary/aromatic N) is 3. The molecular formula is C20H15ClN4OS2. The number of carbonyl (C=O) groups excluding carboxylic acids is 1. The molecule has 0 spiro atoms. The third kappa shape index (κ3) is 2.90. The molecule has 5 rings (SSSR count). The van der Waals surface area contributed by atoms with E-state index < -0.39 is 0 Å². The number of nitrogens with one attached hydrogen (secondary N) is 1. The van der Waals surface area contributed by atoms with Crippen molar-refractivity contribution in [3.05, 3.63) is 70.4 Å². The van der Waals surface area contributed by atoms with Crippen molar-refractivity contribution in [2.45, 2.75) is 12.2 Å². The van der Waals surface area contributed by atoms with Crippen molar-refractivity contribution in [3.8, 4) is 5.13 Å². The van der Waals surface area contributed by atoms with Crippen molar-refractivity contribution >= 4 is 56.6 Å². The number of carbonyl (C=O) groups is 1. The topological polar surface area (TPSA) is 59.8 Å². The number of thioether (sulfide) groups is 1. The quantitative estimate of drug-likeness (QED) is 0.477. The molecule has 1 aliphatic rings. The van der Waals surface area contributed by atoms with Gasteiger partial charge in [0, 0.05) is 10.6 Å². The maximum absolute atomic E-state index is 12.4. The van der Waals surface area contributed by atoms with Crippen LogP contribution in [0.2, 0.25) is 5.02 Å². The Morgan fingerprint density at radius 1 is 1.18 bits per heavy atom. The number of aromatic nitrogens is 3. The predicted molar refractivity (Wildman–Crippen MR) is 116 cm³/mol. The van der Waals surface area contributed by atoms with Gasteiger partial charge in [0.25, 0.3) is 0 Å². The van der Waals surface area contributed by atoms with E-state index in [4.69, 9.17) is 21.7 Å². The number of amides is 1. The highest BCUT2D eigenvalue weighted by Gasteiger charge is 2.32. The summed E-state index contributed by atoms with van der Waals surface area (Å²) in [5, 5.41) is 9.11. The summed E-state index contributed by atoms with van der Waals surface area (Å²) in [6, 6.07) is 15.7. The molecule has 1 N–H and O–H groups in total. The molecule has 0 saturated heterocycles. The van der Waals surface area contributed by atoms with Gasteiger partial charge in [0.05, 0.1) is 26.9 Å². The summed E-state index contributed by atoms with van der Waals surface area (Å²) in [4.78, 5) is 17.2. The fourth-order valence-corrected chi connectivity index (χ4v) is 5.86. The van der Waals surface area contributed by atoms with Crippen LogP contribution in [0.3, 0.4) is 0 Å². The predicted octanol–water partition coefficient (Wildman–Crippen LogP) is 5.22. The van der Waals surface area contributed by atoms with Gasteiger partial charge >= 0.3 is 0 Å². The van der Waals surface area contributed by atoms with Crippen molar-refractivity contribution in [2.24, 2.45) is 0 Å². The number of hydrogen-bond acceptors (Lipinski definition) is 5. The molecule has 0 radical (unpaired) electrons. The van der Waals surface area contributed by atoms with Gasteiger partial charge < -0.3 is 5.32 Å². The van der Waals surface area contributed by atoms with E-state index in [9.17, 15) is 4.79 Å². The minimum absolute atomic E-state index is 0.0527. The zero-order valence-electron chi connectivity index (χ0n) is 14.8. The molecule has 8 heteroatoms. The minimum Gasteiger partial charge on any atom is -0.310 e. The van der Waals surface area contributed by atoms with Gasteiger partial charge in [0.15, 0.2) is 0 Å². The van der Waals surface area contributed by atoms with Crippen LogP contribution in [-0.4, -0.2) is 26.4 Å². The molecule has 28 heavy (non-hydrogen) atoms. The van der Waals surface area contributed by atoms with Crippen LogP contribution < -0.4 is 5.32 Å². The van der Waals surface area contributed by atoms with Crippen LogP contribution in [0.25, 0.3) is 15.3 Å². The summed E-state index contributed by atoms with van der Waals surface area (Å²) in [7, 11) is 0. The number of para-hydroxylation sites is 1. The molecule has 0 aliphatic carbocycles. The van der Waals surface area contributed by atoms with E-state index in [0.717, 1.165) is 32.2 Å². The highest BCUT2D eigenvalue weighted by molar-refractivity contribution is 8.00. The Morgan fingerprint density at radius 2 is 1.96 bits per heavy atom. The first-order valence-corrected chi connectivity index (χ1v) is 11.0. The highest BCUT2D eigenvalue weighted by Crippen LogP contribution is 2.46.